The first-order chi connectivity index (χ1) is 16.1. The lowest BCUT2D eigenvalue weighted by Crippen LogP contribution is -2.47. The SMILES string of the molecule is Cc1nc(N)nc(N)c1N1CCN(c2ccc(/C=N/OCCCc3ccccc3)cc2)CC1. The third kappa shape index (κ3) is 5.91. The fraction of sp³-hybridized carbons (Fsp3) is 0.320. The highest BCUT2D eigenvalue weighted by molar-refractivity contribution is 5.80. The second kappa shape index (κ2) is 10.7. The molecule has 0 aliphatic carbocycles. The quantitative estimate of drug-likeness (QED) is 0.311. The molecule has 8 heteroatoms. The molecule has 8 nitrogen and oxygen atoms in total. The molecule has 0 atom stereocenters. The molecule has 172 valence electrons. The van der Waals surface area contributed by atoms with E-state index in [9.17, 15) is 0 Å². The smallest absolute Gasteiger partial charge is 0.222 e. The van der Waals surface area contributed by atoms with Crippen molar-refractivity contribution in [3.8, 4) is 0 Å². The van der Waals surface area contributed by atoms with Crippen LogP contribution >= 0.6 is 0 Å². The second-order valence-corrected chi connectivity index (χ2v) is 8.12. The number of aromatic nitrogens is 2. The minimum atomic E-state index is 0.216. The van der Waals surface area contributed by atoms with Gasteiger partial charge < -0.3 is 26.1 Å². The summed E-state index contributed by atoms with van der Waals surface area (Å²) in [6, 6.07) is 18.8. The molecule has 1 fully saturated rings. The van der Waals surface area contributed by atoms with Gasteiger partial charge in [-0.1, -0.05) is 47.6 Å². The summed E-state index contributed by atoms with van der Waals surface area (Å²) in [7, 11) is 0. The summed E-state index contributed by atoms with van der Waals surface area (Å²) in [5.41, 5.74) is 17.0. The normalized spacial score (nSPS) is 14.1. The zero-order chi connectivity index (χ0) is 23.0. The van der Waals surface area contributed by atoms with Gasteiger partial charge in [0, 0.05) is 31.9 Å². The van der Waals surface area contributed by atoms with E-state index < -0.39 is 0 Å². The Balaban J connectivity index is 1.23. The molecular formula is C25H31N7O. The van der Waals surface area contributed by atoms with E-state index in [0.717, 1.165) is 56.0 Å². The van der Waals surface area contributed by atoms with Gasteiger partial charge in [0.15, 0.2) is 5.82 Å². The highest BCUT2D eigenvalue weighted by Gasteiger charge is 2.22. The van der Waals surface area contributed by atoms with Gasteiger partial charge in [0.25, 0.3) is 0 Å². The molecule has 4 N–H and O–H groups in total. The molecule has 1 aliphatic rings. The standard InChI is InChI=1S/C25H31N7O/c1-19-23(24(26)30-25(27)29-19)32-15-13-31(14-16-32)22-11-9-21(10-12-22)18-28-33-17-5-8-20-6-3-2-4-7-20/h2-4,6-7,9-12,18H,5,8,13-17H2,1H3,(H4,26,27,29,30)/b28-18+. The minimum Gasteiger partial charge on any atom is -0.396 e. The van der Waals surface area contributed by atoms with Gasteiger partial charge in [-0.2, -0.15) is 4.98 Å². The summed E-state index contributed by atoms with van der Waals surface area (Å²) >= 11 is 0. The lowest BCUT2D eigenvalue weighted by molar-refractivity contribution is 0.143. The maximum absolute atomic E-state index is 6.10. The molecule has 0 saturated carbocycles. The Morgan fingerprint density at radius 1 is 0.939 bits per heavy atom. The lowest BCUT2D eigenvalue weighted by Gasteiger charge is -2.38. The average molecular weight is 446 g/mol. The van der Waals surface area contributed by atoms with Gasteiger partial charge in [0.05, 0.1) is 11.9 Å². The number of nitrogens with two attached hydrogens (primary N) is 2. The third-order valence-electron chi connectivity index (χ3n) is 5.78. The Morgan fingerprint density at radius 2 is 1.64 bits per heavy atom. The van der Waals surface area contributed by atoms with E-state index in [-0.39, 0.29) is 5.95 Å². The molecule has 1 saturated heterocycles. The summed E-state index contributed by atoms with van der Waals surface area (Å²) < 4.78 is 0. The predicted molar refractivity (Wildman–Crippen MR) is 135 cm³/mol. The molecule has 0 amide bonds. The molecule has 2 aromatic carbocycles. The predicted octanol–water partition coefficient (Wildman–Crippen LogP) is 3.26. The monoisotopic (exact) mass is 445 g/mol. The van der Waals surface area contributed by atoms with E-state index in [1.165, 1.54) is 11.3 Å². The van der Waals surface area contributed by atoms with Crippen molar-refractivity contribution < 1.29 is 4.84 Å². The van der Waals surface area contributed by atoms with Crippen molar-refractivity contribution in [2.75, 3.05) is 54.1 Å². The topological polar surface area (TPSA) is 106 Å². The van der Waals surface area contributed by atoms with Crippen molar-refractivity contribution in [2.24, 2.45) is 5.16 Å². The first-order valence-corrected chi connectivity index (χ1v) is 11.3. The number of benzene rings is 2. The number of nitrogens with zero attached hydrogens (tertiary/aromatic N) is 5. The van der Waals surface area contributed by atoms with Gasteiger partial charge in [-0.25, -0.2) is 4.98 Å². The largest absolute Gasteiger partial charge is 0.396 e. The molecule has 0 unspecified atom stereocenters. The zero-order valence-electron chi connectivity index (χ0n) is 19.0. The van der Waals surface area contributed by atoms with Gasteiger partial charge >= 0.3 is 0 Å². The molecule has 4 rings (SSSR count). The summed E-state index contributed by atoms with van der Waals surface area (Å²) in [6.07, 6.45) is 3.70. The molecule has 3 aromatic rings. The van der Waals surface area contributed by atoms with Crippen LogP contribution in [0, 0.1) is 6.92 Å². The number of nitrogen functional groups attached to an aromatic ring is 2. The zero-order valence-corrected chi connectivity index (χ0v) is 19.0. The first kappa shape index (κ1) is 22.4. The summed E-state index contributed by atoms with van der Waals surface area (Å²) in [6.45, 7) is 6.00. The maximum atomic E-state index is 6.10. The molecule has 1 aromatic heterocycles. The van der Waals surface area contributed by atoms with Crippen molar-refractivity contribution in [1.82, 2.24) is 9.97 Å². The summed E-state index contributed by atoms with van der Waals surface area (Å²) in [4.78, 5) is 18.4. The fourth-order valence-corrected chi connectivity index (χ4v) is 4.10. The molecule has 0 radical (unpaired) electrons. The average Bonchev–Trinajstić information content (AvgIpc) is 2.82. The van der Waals surface area contributed by atoms with Crippen LogP contribution in [0.15, 0.2) is 59.8 Å². The van der Waals surface area contributed by atoms with Crippen LogP contribution in [0.4, 0.5) is 23.1 Å². The van der Waals surface area contributed by atoms with E-state index in [1.807, 2.05) is 13.0 Å². The molecule has 0 bridgehead atoms. The van der Waals surface area contributed by atoms with E-state index in [0.29, 0.717) is 12.4 Å². The van der Waals surface area contributed by atoms with Gasteiger partial charge in [0.2, 0.25) is 5.95 Å². The summed E-state index contributed by atoms with van der Waals surface area (Å²) in [5, 5.41) is 4.10. The van der Waals surface area contributed by atoms with Crippen LogP contribution in [-0.4, -0.2) is 49.0 Å². The molecule has 1 aliphatic heterocycles. The Morgan fingerprint density at radius 3 is 2.33 bits per heavy atom. The van der Waals surface area contributed by atoms with Crippen LogP contribution in [0.3, 0.4) is 0 Å². The highest BCUT2D eigenvalue weighted by Crippen LogP contribution is 2.27. The Hall–Kier alpha value is -3.81. The molecule has 0 spiro atoms. The summed E-state index contributed by atoms with van der Waals surface area (Å²) in [5.74, 6) is 0.660. The molecule has 33 heavy (non-hydrogen) atoms. The van der Waals surface area contributed by atoms with E-state index in [1.54, 1.807) is 6.21 Å². The number of anilines is 4. The maximum Gasteiger partial charge on any atom is 0.222 e. The van der Waals surface area contributed by atoms with Crippen molar-refractivity contribution in [1.29, 1.82) is 0 Å². The van der Waals surface area contributed by atoms with E-state index in [4.69, 9.17) is 16.3 Å². The van der Waals surface area contributed by atoms with Gasteiger partial charge in [-0.15, -0.1) is 0 Å². The number of piperazine rings is 1. The number of hydrogen-bond acceptors (Lipinski definition) is 8. The number of aryl methyl sites for hydroxylation is 2. The van der Waals surface area contributed by atoms with E-state index >= 15 is 0 Å². The van der Waals surface area contributed by atoms with Crippen LogP contribution in [0.25, 0.3) is 0 Å². The highest BCUT2D eigenvalue weighted by atomic mass is 16.6. The van der Waals surface area contributed by atoms with Crippen LogP contribution in [-0.2, 0) is 11.3 Å². The van der Waals surface area contributed by atoms with E-state index in [2.05, 4.69) is 73.5 Å². The fourth-order valence-electron chi connectivity index (χ4n) is 4.10. The van der Waals surface area contributed by atoms with Crippen LogP contribution in [0.5, 0.6) is 0 Å². The first-order valence-electron chi connectivity index (χ1n) is 11.3. The van der Waals surface area contributed by atoms with Gasteiger partial charge in [-0.3, -0.25) is 0 Å². The van der Waals surface area contributed by atoms with Gasteiger partial charge in [-0.05, 0) is 43.0 Å². The number of oxime groups is 1. The van der Waals surface area contributed by atoms with Crippen molar-refractivity contribution >= 4 is 29.4 Å². The lowest BCUT2D eigenvalue weighted by atomic mass is 10.1. The third-order valence-corrected chi connectivity index (χ3v) is 5.78. The number of rotatable bonds is 8. The van der Waals surface area contributed by atoms with Crippen LogP contribution in [0.1, 0.15) is 23.2 Å². The molecular weight excluding hydrogens is 414 g/mol. The van der Waals surface area contributed by atoms with Crippen LogP contribution < -0.4 is 21.3 Å². The van der Waals surface area contributed by atoms with Gasteiger partial charge in [0.1, 0.15) is 12.3 Å². The Kier molecular flexibility index (Phi) is 7.24. The second-order valence-electron chi connectivity index (χ2n) is 8.12. The minimum absolute atomic E-state index is 0.216. The van der Waals surface area contributed by atoms with Crippen molar-refractivity contribution in [2.45, 2.75) is 19.8 Å². The van der Waals surface area contributed by atoms with Crippen molar-refractivity contribution in [3.63, 3.8) is 0 Å². The Bertz CT molecular complexity index is 1040. The van der Waals surface area contributed by atoms with Crippen molar-refractivity contribution in [3.05, 3.63) is 71.4 Å². The van der Waals surface area contributed by atoms with Crippen LogP contribution in [0.2, 0.25) is 0 Å². The Labute approximate surface area is 194 Å². The molecule has 2 heterocycles. The number of hydrogen-bond donors (Lipinski definition) is 2.